The Kier molecular flexibility index (Phi) is 9.22. The molecule has 0 radical (unpaired) electrons. The third kappa shape index (κ3) is 8.59. The molecule has 2 N–H and O–H groups in total. The number of guanidine groups is 1. The van der Waals surface area contributed by atoms with E-state index in [4.69, 9.17) is 0 Å². The molecule has 5 nitrogen and oxygen atoms in total. The summed E-state index contributed by atoms with van der Waals surface area (Å²) in [6.07, 6.45) is 10.3. The van der Waals surface area contributed by atoms with Crippen molar-refractivity contribution in [2.45, 2.75) is 64.2 Å². The first-order chi connectivity index (χ1) is 13.4. The van der Waals surface area contributed by atoms with Gasteiger partial charge in [0.05, 0.1) is 12.3 Å². The summed E-state index contributed by atoms with van der Waals surface area (Å²) in [5, 5.41) is 6.65. The summed E-state index contributed by atoms with van der Waals surface area (Å²) in [6.45, 7) is 3.86. The number of halogens is 1. The van der Waals surface area contributed by atoms with E-state index >= 15 is 0 Å². The van der Waals surface area contributed by atoms with Crippen LogP contribution in [0.25, 0.3) is 0 Å². The van der Waals surface area contributed by atoms with Gasteiger partial charge in [-0.3, -0.25) is 0 Å². The van der Waals surface area contributed by atoms with Crippen molar-refractivity contribution in [2.24, 2.45) is 10.9 Å². The van der Waals surface area contributed by atoms with E-state index < -0.39 is 9.84 Å². The van der Waals surface area contributed by atoms with E-state index in [1.54, 1.807) is 0 Å². The molecule has 0 amide bonds. The van der Waals surface area contributed by atoms with Crippen LogP contribution in [0.2, 0.25) is 0 Å². The first-order valence-corrected chi connectivity index (χ1v) is 12.4. The van der Waals surface area contributed by atoms with E-state index in [1.807, 2.05) is 6.92 Å². The highest BCUT2D eigenvalue weighted by atomic mass is 32.2. The van der Waals surface area contributed by atoms with E-state index in [2.05, 4.69) is 15.6 Å². The summed E-state index contributed by atoms with van der Waals surface area (Å²) in [6, 6.07) is 4.21. The predicted octanol–water partition coefficient (Wildman–Crippen LogP) is 3.79. The van der Waals surface area contributed by atoms with Gasteiger partial charge in [-0.05, 0) is 48.9 Å². The third-order valence-electron chi connectivity index (χ3n) is 5.12. The molecular weight excluding hydrogens is 377 g/mol. The number of rotatable bonds is 7. The molecule has 0 unspecified atom stereocenters. The van der Waals surface area contributed by atoms with Crippen LogP contribution in [-0.4, -0.2) is 33.7 Å². The minimum Gasteiger partial charge on any atom is -0.357 e. The lowest BCUT2D eigenvalue weighted by Gasteiger charge is -2.21. The minimum absolute atomic E-state index is 0.107. The normalized spacial score (nSPS) is 17.0. The molecule has 0 aliphatic heterocycles. The molecule has 0 heterocycles. The van der Waals surface area contributed by atoms with Gasteiger partial charge >= 0.3 is 0 Å². The monoisotopic (exact) mass is 411 g/mol. The summed E-state index contributed by atoms with van der Waals surface area (Å²) in [5.74, 6) is 0.859. The maximum atomic E-state index is 13.7. The van der Waals surface area contributed by atoms with Gasteiger partial charge in [0.25, 0.3) is 0 Å². The first kappa shape index (κ1) is 22.7. The molecule has 0 bridgehead atoms. The molecule has 7 heteroatoms. The van der Waals surface area contributed by atoms with Crippen molar-refractivity contribution in [1.82, 2.24) is 10.6 Å². The predicted molar refractivity (Wildman–Crippen MR) is 114 cm³/mol. The lowest BCUT2D eigenvalue weighted by molar-refractivity contribution is 0.375. The molecule has 0 spiro atoms. The van der Waals surface area contributed by atoms with Gasteiger partial charge in [0.2, 0.25) is 0 Å². The zero-order valence-corrected chi connectivity index (χ0v) is 18.0. The molecule has 1 aliphatic rings. The highest BCUT2D eigenvalue weighted by Crippen LogP contribution is 2.21. The molecule has 1 aliphatic carbocycles. The Hall–Kier alpha value is -1.63. The van der Waals surface area contributed by atoms with Crippen molar-refractivity contribution >= 4 is 15.8 Å². The van der Waals surface area contributed by atoms with Gasteiger partial charge in [0.15, 0.2) is 15.8 Å². The second-order valence-corrected chi connectivity index (χ2v) is 9.91. The van der Waals surface area contributed by atoms with Gasteiger partial charge in [0, 0.05) is 19.3 Å². The summed E-state index contributed by atoms with van der Waals surface area (Å²) in [4.78, 5) is 4.57. The van der Waals surface area contributed by atoms with E-state index in [1.165, 1.54) is 69.4 Å². The Labute approximate surface area is 169 Å². The second kappa shape index (κ2) is 11.4. The van der Waals surface area contributed by atoms with Crippen LogP contribution in [0.5, 0.6) is 0 Å². The summed E-state index contributed by atoms with van der Waals surface area (Å²) in [5.41, 5.74) is 1.21. The van der Waals surface area contributed by atoms with Gasteiger partial charge in [-0.2, -0.15) is 0 Å². The molecule has 2 rings (SSSR count). The summed E-state index contributed by atoms with van der Waals surface area (Å²) in [7, 11) is -3.19. The van der Waals surface area contributed by atoms with Gasteiger partial charge in [0.1, 0.15) is 5.82 Å². The van der Waals surface area contributed by atoms with Crippen LogP contribution in [0.3, 0.4) is 0 Å². The quantitative estimate of drug-likeness (QED) is 0.529. The fraction of sp³-hybridized carbons (Fsp3) is 0.667. The number of hydrogen-bond acceptors (Lipinski definition) is 3. The van der Waals surface area contributed by atoms with Crippen molar-refractivity contribution in [3.05, 3.63) is 35.1 Å². The van der Waals surface area contributed by atoms with Crippen molar-refractivity contribution in [1.29, 1.82) is 0 Å². The molecule has 1 fully saturated rings. The van der Waals surface area contributed by atoms with E-state index in [9.17, 15) is 12.8 Å². The van der Waals surface area contributed by atoms with Crippen LogP contribution in [0.1, 0.15) is 63.0 Å². The Morgan fingerprint density at radius 3 is 2.43 bits per heavy atom. The van der Waals surface area contributed by atoms with Crippen LogP contribution in [0.4, 0.5) is 4.39 Å². The summed E-state index contributed by atoms with van der Waals surface area (Å²) >= 11 is 0. The SMILES string of the molecule is CCNC(=NCc1cc(F)ccc1CS(C)(=O)=O)NCC1CCCCCCC1. The molecule has 0 aromatic heterocycles. The number of aliphatic imine (C=N–C) groups is 1. The first-order valence-electron chi connectivity index (χ1n) is 10.3. The van der Waals surface area contributed by atoms with Crippen LogP contribution < -0.4 is 10.6 Å². The molecule has 158 valence electrons. The zero-order chi connectivity index (χ0) is 20.4. The lowest BCUT2D eigenvalue weighted by Crippen LogP contribution is -2.40. The highest BCUT2D eigenvalue weighted by molar-refractivity contribution is 7.89. The Balaban J connectivity index is 2.04. The van der Waals surface area contributed by atoms with Gasteiger partial charge in [-0.15, -0.1) is 0 Å². The van der Waals surface area contributed by atoms with Crippen molar-refractivity contribution in [3.8, 4) is 0 Å². The molecule has 1 saturated carbocycles. The largest absolute Gasteiger partial charge is 0.357 e. The molecule has 0 atom stereocenters. The van der Waals surface area contributed by atoms with Gasteiger partial charge in [-0.1, -0.05) is 38.2 Å². The van der Waals surface area contributed by atoms with E-state index in [-0.39, 0.29) is 18.1 Å². The molecule has 0 saturated heterocycles. The average molecular weight is 412 g/mol. The zero-order valence-electron chi connectivity index (χ0n) is 17.1. The van der Waals surface area contributed by atoms with E-state index in [0.29, 0.717) is 23.0 Å². The maximum Gasteiger partial charge on any atom is 0.191 e. The number of nitrogens with one attached hydrogen (secondary N) is 2. The van der Waals surface area contributed by atoms with Gasteiger partial charge < -0.3 is 10.6 Å². The van der Waals surface area contributed by atoms with Crippen LogP contribution in [0, 0.1) is 11.7 Å². The van der Waals surface area contributed by atoms with E-state index in [0.717, 1.165) is 13.1 Å². The lowest BCUT2D eigenvalue weighted by atomic mass is 9.91. The van der Waals surface area contributed by atoms with Crippen LogP contribution in [0.15, 0.2) is 23.2 Å². The minimum atomic E-state index is -3.19. The second-order valence-electron chi connectivity index (χ2n) is 7.77. The standard InChI is InChI=1S/C21H34FN3O2S/c1-3-23-21(24-14-17-9-7-5-4-6-8-10-17)25-15-19-13-20(22)12-11-18(19)16-28(2,26)27/h11-13,17H,3-10,14-16H2,1-2H3,(H2,23,24,25). The molecular formula is C21H34FN3O2S. The number of nitrogens with zero attached hydrogens (tertiary/aromatic N) is 1. The number of benzene rings is 1. The Morgan fingerprint density at radius 1 is 1.11 bits per heavy atom. The van der Waals surface area contributed by atoms with Crippen molar-refractivity contribution in [2.75, 3.05) is 19.3 Å². The topological polar surface area (TPSA) is 70.6 Å². The fourth-order valence-corrected chi connectivity index (χ4v) is 4.50. The van der Waals surface area contributed by atoms with Crippen molar-refractivity contribution in [3.63, 3.8) is 0 Å². The smallest absolute Gasteiger partial charge is 0.191 e. The third-order valence-corrected chi connectivity index (χ3v) is 5.96. The Bertz CT molecular complexity index is 742. The Morgan fingerprint density at radius 2 is 1.79 bits per heavy atom. The number of sulfone groups is 1. The fourth-order valence-electron chi connectivity index (χ4n) is 3.66. The molecule has 28 heavy (non-hydrogen) atoms. The van der Waals surface area contributed by atoms with Crippen LogP contribution >= 0.6 is 0 Å². The van der Waals surface area contributed by atoms with Crippen molar-refractivity contribution < 1.29 is 12.8 Å². The van der Waals surface area contributed by atoms with Gasteiger partial charge in [-0.25, -0.2) is 17.8 Å². The highest BCUT2D eigenvalue weighted by Gasteiger charge is 2.13. The maximum absolute atomic E-state index is 13.7. The number of hydrogen-bond donors (Lipinski definition) is 2. The average Bonchev–Trinajstić information content (AvgIpc) is 2.59. The summed E-state index contributed by atoms with van der Waals surface area (Å²) < 4.78 is 37.0. The van der Waals surface area contributed by atoms with Crippen LogP contribution in [-0.2, 0) is 22.1 Å². The molecule has 1 aromatic rings. The molecule has 1 aromatic carbocycles.